The van der Waals surface area contributed by atoms with E-state index in [0.717, 1.165) is 6.42 Å². The van der Waals surface area contributed by atoms with E-state index in [-0.39, 0.29) is 0 Å². The fraction of sp³-hybridized carbons (Fsp3) is 0.0746. The van der Waals surface area contributed by atoms with Gasteiger partial charge in [-0.2, -0.15) is 0 Å². The molecule has 0 spiro atoms. The largest absolute Gasteiger partial charge is 0.0833 e. The zero-order valence-corrected chi connectivity index (χ0v) is 38.2. The van der Waals surface area contributed by atoms with Gasteiger partial charge in [0, 0.05) is 0 Å². The van der Waals surface area contributed by atoms with Gasteiger partial charge >= 0.3 is 0 Å². The van der Waals surface area contributed by atoms with Gasteiger partial charge in [0.25, 0.3) is 0 Å². The maximum atomic E-state index is 2.41. The molecule has 0 saturated heterocycles. The molecule has 0 N–H and O–H groups in total. The minimum Gasteiger partial charge on any atom is -0.0833 e. The van der Waals surface area contributed by atoms with Crippen molar-refractivity contribution in [2.24, 2.45) is 0 Å². The summed E-state index contributed by atoms with van der Waals surface area (Å²) < 4.78 is 0. The lowest BCUT2D eigenvalue weighted by Crippen LogP contribution is -2.04. The first-order chi connectivity index (χ1) is 33.1. The molecule has 1 unspecified atom stereocenters. The number of benzene rings is 12. The van der Waals surface area contributed by atoms with Crippen LogP contribution in [0.3, 0.4) is 0 Å². The summed E-state index contributed by atoms with van der Waals surface area (Å²) in [4.78, 5) is 0. The molecule has 0 fully saturated rings. The highest BCUT2D eigenvalue weighted by atomic mass is 14.2. The highest BCUT2D eigenvalue weighted by molar-refractivity contribution is 6.18. The Bertz CT molecular complexity index is 3920. The van der Waals surface area contributed by atoms with Crippen LogP contribution in [0.2, 0.25) is 0 Å². The van der Waals surface area contributed by atoms with Crippen LogP contribution in [0.1, 0.15) is 44.2 Å². The van der Waals surface area contributed by atoms with E-state index in [0.29, 0.717) is 5.92 Å². The van der Waals surface area contributed by atoms with Gasteiger partial charge in [0.2, 0.25) is 0 Å². The summed E-state index contributed by atoms with van der Waals surface area (Å²) in [7, 11) is 0. The molecule has 0 nitrogen and oxygen atoms in total. The summed E-state index contributed by atoms with van der Waals surface area (Å²) in [6, 6.07) is 81.5. The van der Waals surface area contributed by atoms with Crippen molar-refractivity contribution in [3.8, 4) is 55.6 Å². The minimum atomic E-state index is 0.476. The number of allylic oxidation sites excluding steroid dienone is 1. The zero-order valence-electron chi connectivity index (χ0n) is 38.2. The van der Waals surface area contributed by atoms with Crippen LogP contribution in [-0.2, 0) is 0 Å². The van der Waals surface area contributed by atoms with Crippen LogP contribution in [0.5, 0.6) is 0 Å². The SMILES string of the molecule is CC.CC1CC=Cc2c1c(-c1cccc(-c3ccc(-c4ccc5c(ccc6c7ccc(-c8cccc(-c9cc%10ccccc%10c%10ccccc9%10)c8)cc7ccc56)c4)cc3)c1)cc1ccccc21. The molecule has 1 atom stereocenters. The first-order valence-corrected chi connectivity index (χ1v) is 24.0. The van der Waals surface area contributed by atoms with Gasteiger partial charge in [-0.05, 0) is 180 Å². The van der Waals surface area contributed by atoms with E-state index in [1.54, 1.807) is 0 Å². The Kier molecular flexibility index (Phi) is 10.1. The maximum Gasteiger partial charge on any atom is -0.00988 e. The van der Waals surface area contributed by atoms with Crippen molar-refractivity contribution in [2.45, 2.75) is 33.1 Å². The second-order valence-corrected chi connectivity index (χ2v) is 18.0. The van der Waals surface area contributed by atoms with E-state index in [9.17, 15) is 0 Å². The van der Waals surface area contributed by atoms with E-state index in [1.165, 1.54) is 131 Å². The molecule has 13 rings (SSSR count). The third-order valence-corrected chi connectivity index (χ3v) is 14.2. The Morgan fingerprint density at radius 2 is 0.701 bits per heavy atom. The summed E-state index contributed by atoms with van der Waals surface area (Å²) in [5.74, 6) is 0.476. The monoisotopic (exact) mass is 854 g/mol. The van der Waals surface area contributed by atoms with E-state index in [2.05, 4.69) is 237 Å². The van der Waals surface area contributed by atoms with Crippen molar-refractivity contribution in [1.82, 2.24) is 0 Å². The van der Waals surface area contributed by atoms with Crippen molar-refractivity contribution in [3.63, 3.8) is 0 Å². The highest BCUT2D eigenvalue weighted by Crippen LogP contribution is 2.43. The number of rotatable bonds is 5. The highest BCUT2D eigenvalue weighted by Gasteiger charge is 2.21. The van der Waals surface area contributed by atoms with Gasteiger partial charge in [-0.25, -0.2) is 0 Å². The van der Waals surface area contributed by atoms with Crippen molar-refractivity contribution in [3.05, 3.63) is 236 Å². The van der Waals surface area contributed by atoms with Crippen molar-refractivity contribution >= 4 is 70.7 Å². The zero-order chi connectivity index (χ0) is 45.0. The average molecular weight is 855 g/mol. The van der Waals surface area contributed by atoms with Crippen LogP contribution in [0.25, 0.3) is 126 Å². The predicted octanol–water partition coefficient (Wildman–Crippen LogP) is 19.5. The van der Waals surface area contributed by atoms with Gasteiger partial charge in [-0.15, -0.1) is 0 Å². The van der Waals surface area contributed by atoms with Gasteiger partial charge in [0.1, 0.15) is 0 Å². The van der Waals surface area contributed by atoms with Crippen molar-refractivity contribution < 1.29 is 0 Å². The molecule has 0 aliphatic heterocycles. The second kappa shape index (κ2) is 16.7. The van der Waals surface area contributed by atoms with Gasteiger partial charge in [0.15, 0.2) is 0 Å². The summed E-state index contributed by atoms with van der Waals surface area (Å²) in [6.07, 6.45) is 5.75. The van der Waals surface area contributed by atoms with E-state index in [1.807, 2.05) is 13.8 Å². The summed E-state index contributed by atoms with van der Waals surface area (Å²) in [5, 5.41) is 15.4. The molecule has 0 heteroatoms. The fourth-order valence-corrected chi connectivity index (χ4v) is 11.0. The van der Waals surface area contributed by atoms with Crippen LogP contribution in [0.4, 0.5) is 0 Å². The molecule has 0 radical (unpaired) electrons. The Hall–Kier alpha value is -8.06. The van der Waals surface area contributed by atoms with E-state index < -0.39 is 0 Å². The predicted molar refractivity (Wildman–Crippen MR) is 292 cm³/mol. The lowest BCUT2D eigenvalue weighted by Gasteiger charge is -2.24. The molecule has 0 heterocycles. The van der Waals surface area contributed by atoms with Gasteiger partial charge in [0.05, 0.1) is 0 Å². The molecule has 0 saturated carbocycles. The molecule has 1 aliphatic rings. The molecule has 12 aromatic carbocycles. The molecule has 318 valence electrons. The lowest BCUT2D eigenvalue weighted by atomic mass is 9.80. The summed E-state index contributed by atoms with van der Waals surface area (Å²) >= 11 is 0. The third kappa shape index (κ3) is 7.00. The second-order valence-electron chi connectivity index (χ2n) is 18.0. The quantitative estimate of drug-likeness (QED) is 0.151. The Labute approximate surface area is 393 Å². The summed E-state index contributed by atoms with van der Waals surface area (Å²) in [5.41, 5.74) is 15.3. The number of fused-ring (bicyclic) bond motifs is 11. The van der Waals surface area contributed by atoms with Crippen molar-refractivity contribution in [1.29, 1.82) is 0 Å². The van der Waals surface area contributed by atoms with E-state index in [4.69, 9.17) is 0 Å². The van der Waals surface area contributed by atoms with Crippen LogP contribution >= 0.6 is 0 Å². The van der Waals surface area contributed by atoms with Gasteiger partial charge in [-0.1, -0.05) is 215 Å². The molecule has 0 bridgehead atoms. The first kappa shape index (κ1) is 40.4. The van der Waals surface area contributed by atoms with Gasteiger partial charge in [-0.3, -0.25) is 0 Å². The standard InChI is InChI=1S/C65H44.C2H6/c1-41-11-8-22-62-55-19-5-3-13-51(55)40-64(65(41)62)49-17-9-14-44(35-49)42-23-25-43(26-24-42)46-27-31-56-52(37-46)29-33-61-57-32-28-47(38-53(57)30-34-60(56)61)45-15-10-16-48(36-45)63-39-50-12-2-4-18-54(50)58-20-6-7-21-59(58)63;1-2/h2-10,12-41H,11H2,1H3;1-2H3. The van der Waals surface area contributed by atoms with Gasteiger partial charge < -0.3 is 0 Å². The topological polar surface area (TPSA) is 0 Å². The number of hydrogen-bond donors (Lipinski definition) is 0. The maximum absolute atomic E-state index is 2.41. The molecule has 67 heavy (non-hydrogen) atoms. The summed E-state index contributed by atoms with van der Waals surface area (Å²) in [6.45, 7) is 6.37. The van der Waals surface area contributed by atoms with Crippen molar-refractivity contribution in [2.75, 3.05) is 0 Å². The normalized spacial score (nSPS) is 13.3. The molecule has 0 amide bonds. The van der Waals surface area contributed by atoms with Crippen LogP contribution in [0, 0.1) is 0 Å². The minimum absolute atomic E-state index is 0.476. The average Bonchev–Trinajstić information content (AvgIpc) is 3.40. The molecular formula is C67H50. The smallest absolute Gasteiger partial charge is 0.00988 e. The van der Waals surface area contributed by atoms with Crippen LogP contribution in [0.15, 0.2) is 224 Å². The van der Waals surface area contributed by atoms with Crippen LogP contribution < -0.4 is 0 Å². The fourth-order valence-electron chi connectivity index (χ4n) is 11.0. The number of hydrogen-bond acceptors (Lipinski definition) is 0. The van der Waals surface area contributed by atoms with Crippen LogP contribution in [-0.4, -0.2) is 0 Å². The Morgan fingerprint density at radius 1 is 0.299 bits per heavy atom. The third-order valence-electron chi connectivity index (χ3n) is 14.2. The Balaban J connectivity index is 0.00000231. The molecule has 0 aromatic heterocycles. The molecular weight excluding hydrogens is 805 g/mol. The Morgan fingerprint density at radius 3 is 1.34 bits per heavy atom. The lowest BCUT2D eigenvalue weighted by molar-refractivity contribution is 0.775. The first-order valence-electron chi connectivity index (χ1n) is 24.0. The molecule has 12 aromatic rings. The van der Waals surface area contributed by atoms with E-state index >= 15 is 0 Å². The molecule has 1 aliphatic carbocycles.